The molecule has 1 aliphatic heterocycles. The van der Waals surface area contributed by atoms with Crippen LogP contribution in [0.15, 0.2) is 59.5 Å². The molecule has 1 saturated heterocycles. The van der Waals surface area contributed by atoms with Gasteiger partial charge in [-0.1, -0.05) is 5.21 Å². The number of hydrogen-bond donors (Lipinski definition) is 1. The van der Waals surface area contributed by atoms with Crippen LogP contribution in [0.1, 0.15) is 16.8 Å². The monoisotopic (exact) mass is 477 g/mol. The van der Waals surface area contributed by atoms with E-state index in [0.29, 0.717) is 54.2 Å². The minimum Gasteiger partial charge on any atom is -0.382 e. The third kappa shape index (κ3) is 4.84. The summed E-state index contributed by atoms with van der Waals surface area (Å²) in [7, 11) is 1.63. The first-order chi connectivity index (χ1) is 17.0. The van der Waals surface area contributed by atoms with Crippen molar-refractivity contribution in [3.05, 3.63) is 76.5 Å². The number of carbonyl (C=O) groups excluding carboxylic acids is 1. The molecule has 0 saturated carbocycles. The maximum absolute atomic E-state index is 13.6. The number of rotatable bonds is 7. The Morgan fingerprint density at radius 2 is 2.00 bits per heavy atom. The second-order valence-corrected chi connectivity index (χ2v) is 8.36. The Morgan fingerprint density at radius 3 is 2.80 bits per heavy atom. The van der Waals surface area contributed by atoms with Gasteiger partial charge in [0.25, 0.3) is 11.5 Å². The molecule has 9 nitrogen and oxygen atoms in total. The van der Waals surface area contributed by atoms with E-state index in [-0.39, 0.29) is 23.1 Å². The second-order valence-electron chi connectivity index (χ2n) is 8.36. The Hall–Kier alpha value is -3.89. The second kappa shape index (κ2) is 9.77. The number of nitrogens with zero attached hydrogens (tertiary/aromatic N) is 4. The van der Waals surface area contributed by atoms with Crippen LogP contribution in [0.5, 0.6) is 0 Å². The summed E-state index contributed by atoms with van der Waals surface area (Å²) in [5, 5.41) is 8.79. The molecule has 0 spiro atoms. The van der Waals surface area contributed by atoms with Crippen molar-refractivity contribution in [2.24, 2.45) is 0 Å². The Kier molecular flexibility index (Phi) is 6.39. The van der Waals surface area contributed by atoms with E-state index in [1.165, 1.54) is 22.9 Å². The van der Waals surface area contributed by atoms with Crippen molar-refractivity contribution < 1.29 is 18.7 Å². The van der Waals surface area contributed by atoms with E-state index in [1.54, 1.807) is 48.5 Å². The number of fused-ring (bicyclic) bond motifs is 1. The van der Waals surface area contributed by atoms with Crippen LogP contribution in [0, 0.1) is 5.82 Å². The third-order valence-electron chi connectivity index (χ3n) is 6.03. The fraction of sp³-hybridized carbons (Fsp3) is 0.280. The lowest BCUT2D eigenvalue weighted by atomic mass is 10.1. The van der Waals surface area contributed by atoms with Crippen LogP contribution in [-0.4, -0.2) is 70.3 Å². The van der Waals surface area contributed by atoms with Crippen LogP contribution < -0.4 is 5.56 Å². The number of halogens is 1. The average molecular weight is 477 g/mol. The molecule has 10 heteroatoms. The largest absolute Gasteiger partial charge is 0.382 e. The highest BCUT2D eigenvalue weighted by molar-refractivity contribution is 5.94. The summed E-state index contributed by atoms with van der Waals surface area (Å²) in [6.07, 6.45) is 2.45. The standard InChI is InChI=1S/C25H24FN5O4/c1-34-10-11-35-20-8-9-30(14-20)25(33)16-2-5-19(6-3-16)31-15-23(28-29-31)21-13-17-12-18(26)4-7-22(17)27-24(21)32/h2-7,12-13,15,20H,8-11,14H2,1H3,(H,27,32)/t20-/m0/s1. The number of carbonyl (C=O) groups is 1. The summed E-state index contributed by atoms with van der Waals surface area (Å²) in [4.78, 5) is 29.9. The summed E-state index contributed by atoms with van der Waals surface area (Å²) in [5.41, 5.74) is 2.10. The first-order valence-corrected chi connectivity index (χ1v) is 11.3. The number of H-pyrrole nitrogens is 1. The van der Waals surface area contributed by atoms with E-state index in [4.69, 9.17) is 9.47 Å². The first-order valence-electron chi connectivity index (χ1n) is 11.3. The summed E-state index contributed by atoms with van der Waals surface area (Å²) in [6, 6.07) is 12.8. The molecule has 0 unspecified atom stereocenters. The van der Waals surface area contributed by atoms with Gasteiger partial charge in [0, 0.05) is 36.7 Å². The van der Waals surface area contributed by atoms with E-state index < -0.39 is 5.82 Å². The van der Waals surface area contributed by atoms with E-state index in [2.05, 4.69) is 15.3 Å². The number of benzene rings is 2. The molecule has 0 bridgehead atoms. The summed E-state index contributed by atoms with van der Waals surface area (Å²) in [5.74, 6) is -0.444. The third-order valence-corrected chi connectivity index (χ3v) is 6.03. The van der Waals surface area contributed by atoms with Crippen molar-refractivity contribution in [1.29, 1.82) is 0 Å². The van der Waals surface area contributed by atoms with Crippen LogP contribution in [0.3, 0.4) is 0 Å². The molecule has 4 aromatic rings. The number of nitrogens with one attached hydrogen (secondary N) is 1. The van der Waals surface area contributed by atoms with Crippen LogP contribution in [0.25, 0.3) is 27.8 Å². The van der Waals surface area contributed by atoms with Gasteiger partial charge in [-0.15, -0.1) is 5.10 Å². The molecule has 0 radical (unpaired) electrons. The van der Waals surface area contributed by atoms with Crippen molar-refractivity contribution in [1.82, 2.24) is 24.9 Å². The van der Waals surface area contributed by atoms with Gasteiger partial charge < -0.3 is 19.4 Å². The number of aromatic nitrogens is 4. The molecule has 5 rings (SSSR count). The highest BCUT2D eigenvalue weighted by Gasteiger charge is 2.27. The number of hydrogen-bond acceptors (Lipinski definition) is 6. The highest BCUT2D eigenvalue weighted by Crippen LogP contribution is 2.21. The lowest BCUT2D eigenvalue weighted by molar-refractivity contribution is 0.0218. The summed E-state index contributed by atoms with van der Waals surface area (Å²) in [6.45, 7) is 2.25. The lowest BCUT2D eigenvalue weighted by Gasteiger charge is -2.17. The van der Waals surface area contributed by atoms with E-state index in [1.807, 2.05) is 0 Å². The normalized spacial score (nSPS) is 15.7. The molecule has 35 heavy (non-hydrogen) atoms. The molecule has 180 valence electrons. The molecule has 3 heterocycles. The van der Waals surface area contributed by atoms with Gasteiger partial charge >= 0.3 is 0 Å². The molecule has 2 aromatic carbocycles. The van der Waals surface area contributed by atoms with Crippen LogP contribution >= 0.6 is 0 Å². The zero-order valence-electron chi connectivity index (χ0n) is 19.1. The molecule has 1 atom stereocenters. The van der Waals surface area contributed by atoms with Gasteiger partial charge in [-0.25, -0.2) is 9.07 Å². The fourth-order valence-corrected chi connectivity index (χ4v) is 4.17. The number of pyridine rings is 1. The van der Waals surface area contributed by atoms with Crippen LogP contribution in [0.4, 0.5) is 4.39 Å². The van der Waals surface area contributed by atoms with Crippen molar-refractivity contribution in [3.63, 3.8) is 0 Å². The van der Waals surface area contributed by atoms with Gasteiger partial charge in [0.2, 0.25) is 0 Å². The molecule has 1 amide bonds. The van der Waals surface area contributed by atoms with Crippen LogP contribution in [0.2, 0.25) is 0 Å². The van der Waals surface area contributed by atoms with Gasteiger partial charge in [0.1, 0.15) is 11.5 Å². The summed E-state index contributed by atoms with van der Waals surface area (Å²) >= 11 is 0. The molecular formula is C25H24FN5O4. The molecule has 0 aliphatic carbocycles. The summed E-state index contributed by atoms with van der Waals surface area (Å²) < 4.78 is 25.9. The molecular weight excluding hydrogens is 453 g/mol. The first kappa shape index (κ1) is 22.9. The van der Waals surface area contributed by atoms with Gasteiger partial charge in [-0.05, 0) is 55.0 Å². The van der Waals surface area contributed by atoms with E-state index in [0.717, 1.165) is 6.42 Å². The number of aromatic amines is 1. The van der Waals surface area contributed by atoms with Gasteiger partial charge in [-0.2, -0.15) is 0 Å². The Morgan fingerprint density at radius 1 is 1.17 bits per heavy atom. The predicted octanol–water partition coefficient (Wildman–Crippen LogP) is 2.79. The zero-order chi connectivity index (χ0) is 24.4. The van der Waals surface area contributed by atoms with Crippen molar-refractivity contribution in [2.45, 2.75) is 12.5 Å². The maximum Gasteiger partial charge on any atom is 0.258 e. The minimum atomic E-state index is -0.392. The van der Waals surface area contributed by atoms with E-state index in [9.17, 15) is 14.0 Å². The quantitative estimate of drug-likeness (QED) is 0.411. The van der Waals surface area contributed by atoms with Crippen molar-refractivity contribution in [3.8, 4) is 16.9 Å². The Bertz CT molecular complexity index is 1420. The number of ether oxygens (including phenoxy) is 2. The Balaban J connectivity index is 1.30. The van der Waals surface area contributed by atoms with Gasteiger partial charge in [0.05, 0.1) is 36.8 Å². The molecule has 1 N–H and O–H groups in total. The smallest absolute Gasteiger partial charge is 0.258 e. The maximum atomic E-state index is 13.6. The van der Waals surface area contributed by atoms with Crippen molar-refractivity contribution >= 4 is 16.8 Å². The topological polar surface area (TPSA) is 102 Å². The SMILES string of the molecule is COCCO[C@H]1CCN(C(=O)c2ccc(-n3cc(-c4cc5cc(F)ccc5[nH]c4=O)nn3)cc2)C1. The number of amides is 1. The Labute approximate surface area is 200 Å². The average Bonchev–Trinajstić information content (AvgIpc) is 3.54. The fourth-order valence-electron chi connectivity index (χ4n) is 4.17. The number of likely N-dealkylation sites (tertiary alicyclic amines) is 1. The van der Waals surface area contributed by atoms with E-state index >= 15 is 0 Å². The zero-order valence-corrected chi connectivity index (χ0v) is 19.1. The van der Waals surface area contributed by atoms with Crippen LogP contribution in [-0.2, 0) is 9.47 Å². The highest BCUT2D eigenvalue weighted by atomic mass is 19.1. The van der Waals surface area contributed by atoms with Gasteiger partial charge in [-0.3, -0.25) is 9.59 Å². The predicted molar refractivity (Wildman–Crippen MR) is 127 cm³/mol. The molecule has 1 aliphatic rings. The van der Waals surface area contributed by atoms with Gasteiger partial charge in [0.15, 0.2) is 0 Å². The molecule has 1 fully saturated rings. The lowest BCUT2D eigenvalue weighted by Crippen LogP contribution is -2.30. The van der Waals surface area contributed by atoms with Crippen molar-refractivity contribution in [2.75, 3.05) is 33.4 Å². The minimum absolute atomic E-state index is 0.0247. The molecule has 2 aromatic heterocycles. The number of methoxy groups -OCH3 is 1.